The number of nitrogen functional groups attached to an aromatic ring is 1. The summed E-state index contributed by atoms with van der Waals surface area (Å²) in [5.41, 5.74) is 7.31. The maximum atomic E-state index is 5.52. The van der Waals surface area contributed by atoms with Gasteiger partial charge in [-0.1, -0.05) is 0 Å². The second-order valence-corrected chi connectivity index (χ2v) is 3.25. The van der Waals surface area contributed by atoms with Gasteiger partial charge >= 0.3 is 0 Å². The molecule has 0 aliphatic carbocycles. The highest BCUT2D eigenvalue weighted by atomic mass is 16.5. The second-order valence-electron chi connectivity index (χ2n) is 3.25. The number of nitrogens with two attached hydrogens (primary N) is 1. The van der Waals surface area contributed by atoms with Crippen LogP contribution in [0.4, 0.5) is 5.95 Å². The molecule has 0 saturated heterocycles. The Morgan fingerprint density at radius 1 is 1.19 bits per heavy atom. The van der Waals surface area contributed by atoms with E-state index in [0.29, 0.717) is 17.4 Å². The average molecular weight is 219 g/mol. The lowest BCUT2D eigenvalue weighted by Gasteiger charge is -2.08. The molecule has 2 aromatic rings. The lowest BCUT2D eigenvalue weighted by molar-refractivity contribution is 0.355. The first-order chi connectivity index (χ1) is 7.74. The van der Waals surface area contributed by atoms with Crippen LogP contribution in [0.1, 0.15) is 0 Å². The Balaban J connectivity index is 2.43. The predicted octanol–water partition coefficient (Wildman–Crippen LogP) is 1.68. The quantitative estimate of drug-likeness (QED) is 0.823. The van der Waals surface area contributed by atoms with Gasteiger partial charge in [-0.15, -0.1) is 0 Å². The molecule has 0 atom stereocenters. The normalized spacial score (nSPS) is 10.1. The third-order valence-electron chi connectivity index (χ3n) is 2.29. The number of nitrogens with zero attached hydrogens (tertiary/aromatic N) is 1. The van der Waals surface area contributed by atoms with Gasteiger partial charge in [0.25, 0.3) is 0 Å². The van der Waals surface area contributed by atoms with Crippen LogP contribution in [-0.2, 0) is 0 Å². The van der Waals surface area contributed by atoms with Crippen molar-refractivity contribution in [2.75, 3.05) is 20.0 Å². The standard InChI is InChI=1S/C11H13N3O2/c1-15-9-4-3-7(5-10(9)16-2)8-6-13-11(12)14-8/h3-6H,1-2H3,(H3,12,13,14). The van der Waals surface area contributed by atoms with Crippen LogP contribution < -0.4 is 15.2 Å². The fraction of sp³-hybridized carbons (Fsp3) is 0.182. The number of nitrogens with one attached hydrogen (secondary N) is 1. The molecule has 0 spiro atoms. The van der Waals surface area contributed by atoms with Crippen molar-refractivity contribution in [2.24, 2.45) is 0 Å². The number of aromatic nitrogens is 2. The lowest BCUT2D eigenvalue weighted by atomic mass is 10.1. The van der Waals surface area contributed by atoms with Crippen LogP contribution in [0.2, 0.25) is 0 Å². The van der Waals surface area contributed by atoms with E-state index in [1.54, 1.807) is 20.4 Å². The molecule has 2 rings (SSSR count). The number of ether oxygens (including phenoxy) is 2. The molecule has 0 fully saturated rings. The molecule has 1 aromatic heterocycles. The van der Waals surface area contributed by atoms with Gasteiger partial charge in [-0.3, -0.25) is 0 Å². The van der Waals surface area contributed by atoms with E-state index in [4.69, 9.17) is 15.2 Å². The van der Waals surface area contributed by atoms with Gasteiger partial charge in [-0.2, -0.15) is 0 Å². The third-order valence-corrected chi connectivity index (χ3v) is 2.29. The van der Waals surface area contributed by atoms with E-state index >= 15 is 0 Å². The molecule has 0 unspecified atom stereocenters. The maximum Gasteiger partial charge on any atom is 0.197 e. The van der Waals surface area contributed by atoms with Crippen molar-refractivity contribution in [2.45, 2.75) is 0 Å². The lowest BCUT2D eigenvalue weighted by Crippen LogP contribution is -1.91. The van der Waals surface area contributed by atoms with Gasteiger partial charge in [0.2, 0.25) is 0 Å². The van der Waals surface area contributed by atoms with Gasteiger partial charge in [0.15, 0.2) is 17.4 Å². The van der Waals surface area contributed by atoms with Crippen LogP contribution in [-0.4, -0.2) is 24.2 Å². The van der Waals surface area contributed by atoms with Crippen LogP contribution in [0.3, 0.4) is 0 Å². The van der Waals surface area contributed by atoms with Gasteiger partial charge in [0, 0.05) is 5.56 Å². The number of rotatable bonds is 3. The first-order valence-electron chi connectivity index (χ1n) is 4.77. The first kappa shape index (κ1) is 10.4. The van der Waals surface area contributed by atoms with Crippen LogP contribution >= 0.6 is 0 Å². The van der Waals surface area contributed by atoms with Crippen molar-refractivity contribution in [3.63, 3.8) is 0 Å². The van der Waals surface area contributed by atoms with Crippen LogP contribution in [0, 0.1) is 0 Å². The second kappa shape index (κ2) is 4.14. The molecular weight excluding hydrogens is 206 g/mol. The fourth-order valence-corrected chi connectivity index (χ4v) is 1.49. The van der Waals surface area contributed by atoms with E-state index in [1.807, 2.05) is 18.2 Å². The van der Waals surface area contributed by atoms with Crippen LogP contribution in [0.5, 0.6) is 11.5 Å². The number of methoxy groups -OCH3 is 2. The topological polar surface area (TPSA) is 73.2 Å². The highest BCUT2D eigenvalue weighted by Gasteiger charge is 2.07. The zero-order valence-corrected chi connectivity index (χ0v) is 9.15. The zero-order chi connectivity index (χ0) is 11.5. The largest absolute Gasteiger partial charge is 0.493 e. The van der Waals surface area contributed by atoms with E-state index in [2.05, 4.69) is 9.97 Å². The number of H-pyrrole nitrogens is 1. The Kier molecular flexibility index (Phi) is 2.68. The summed E-state index contributed by atoms with van der Waals surface area (Å²) < 4.78 is 10.4. The van der Waals surface area contributed by atoms with E-state index in [-0.39, 0.29) is 0 Å². The van der Waals surface area contributed by atoms with Crippen molar-refractivity contribution in [1.82, 2.24) is 9.97 Å². The van der Waals surface area contributed by atoms with E-state index in [9.17, 15) is 0 Å². The number of imidazole rings is 1. The molecule has 0 amide bonds. The minimum atomic E-state index is 0.393. The Labute approximate surface area is 93.2 Å². The SMILES string of the molecule is COc1ccc(-c2cnc(N)[nH]2)cc1OC. The molecule has 0 bridgehead atoms. The van der Waals surface area contributed by atoms with Gasteiger partial charge in [0.05, 0.1) is 26.1 Å². The number of benzene rings is 1. The zero-order valence-electron chi connectivity index (χ0n) is 9.15. The molecular formula is C11H13N3O2. The van der Waals surface area contributed by atoms with Crippen molar-refractivity contribution < 1.29 is 9.47 Å². The highest BCUT2D eigenvalue weighted by Crippen LogP contribution is 2.31. The smallest absolute Gasteiger partial charge is 0.197 e. The molecule has 0 saturated carbocycles. The summed E-state index contributed by atoms with van der Waals surface area (Å²) in [7, 11) is 3.20. The summed E-state index contributed by atoms with van der Waals surface area (Å²) in [5, 5.41) is 0. The van der Waals surface area contributed by atoms with Crippen LogP contribution in [0.15, 0.2) is 24.4 Å². The van der Waals surface area contributed by atoms with E-state index in [0.717, 1.165) is 11.3 Å². The number of anilines is 1. The molecule has 0 radical (unpaired) electrons. The highest BCUT2D eigenvalue weighted by molar-refractivity contribution is 5.64. The molecule has 0 aliphatic heterocycles. The summed E-state index contributed by atoms with van der Waals surface area (Å²) in [6.07, 6.45) is 1.68. The fourth-order valence-electron chi connectivity index (χ4n) is 1.49. The molecule has 3 N–H and O–H groups in total. The Morgan fingerprint density at radius 3 is 2.50 bits per heavy atom. The molecule has 1 aromatic carbocycles. The van der Waals surface area contributed by atoms with Crippen molar-refractivity contribution in [3.8, 4) is 22.8 Å². The van der Waals surface area contributed by atoms with Gasteiger partial charge in [-0.25, -0.2) is 4.98 Å². The summed E-state index contributed by atoms with van der Waals surface area (Å²) in [5.74, 6) is 1.76. The Morgan fingerprint density at radius 2 is 1.94 bits per heavy atom. The summed E-state index contributed by atoms with van der Waals surface area (Å²) in [4.78, 5) is 6.89. The summed E-state index contributed by atoms with van der Waals surface area (Å²) in [6.45, 7) is 0. The Hall–Kier alpha value is -2.17. The van der Waals surface area contributed by atoms with Crippen LogP contribution in [0.25, 0.3) is 11.3 Å². The minimum absolute atomic E-state index is 0.393. The van der Waals surface area contributed by atoms with Gasteiger partial charge in [0.1, 0.15) is 0 Å². The monoisotopic (exact) mass is 219 g/mol. The average Bonchev–Trinajstić information content (AvgIpc) is 2.75. The van der Waals surface area contributed by atoms with Crippen molar-refractivity contribution in [3.05, 3.63) is 24.4 Å². The van der Waals surface area contributed by atoms with Crippen molar-refractivity contribution in [1.29, 1.82) is 0 Å². The van der Waals surface area contributed by atoms with Gasteiger partial charge < -0.3 is 20.2 Å². The molecule has 5 heteroatoms. The van der Waals surface area contributed by atoms with Gasteiger partial charge in [-0.05, 0) is 18.2 Å². The van der Waals surface area contributed by atoms with Crippen molar-refractivity contribution >= 4 is 5.95 Å². The first-order valence-corrected chi connectivity index (χ1v) is 4.77. The van der Waals surface area contributed by atoms with E-state index in [1.165, 1.54) is 0 Å². The number of hydrogen-bond donors (Lipinski definition) is 2. The predicted molar refractivity (Wildman–Crippen MR) is 61.5 cm³/mol. The Bertz CT molecular complexity index is 494. The minimum Gasteiger partial charge on any atom is -0.493 e. The number of hydrogen-bond acceptors (Lipinski definition) is 4. The third kappa shape index (κ3) is 1.79. The number of aromatic amines is 1. The molecule has 1 heterocycles. The summed E-state index contributed by atoms with van der Waals surface area (Å²) in [6, 6.07) is 5.62. The molecule has 5 nitrogen and oxygen atoms in total. The maximum absolute atomic E-state index is 5.52. The molecule has 0 aliphatic rings. The molecule has 84 valence electrons. The van der Waals surface area contributed by atoms with E-state index < -0.39 is 0 Å². The molecule has 16 heavy (non-hydrogen) atoms. The summed E-state index contributed by atoms with van der Waals surface area (Å²) >= 11 is 0.